The van der Waals surface area contributed by atoms with Crippen molar-refractivity contribution in [3.05, 3.63) is 0 Å². The Labute approximate surface area is 86.4 Å². The monoisotopic (exact) mass is 202 g/mol. The molecule has 1 fully saturated rings. The van der Waals surface area contributed by atoms with Crippen molar-refractivity contribution in [1.29, 1.82) is 0 Å². The summed E-state index contributed by atoms with van der Waals surface area (Å²) in [7, 11) is 0. The van der Waals surface area contributed by atoms with E-state index >= 15 is 0 Å². The fraction of sp³-hybridized carbons (Fsp3) is 1.00. The minimum atomic E-state index is -0.645. The van der Waals surface area contributed by atoms with Gasteiger partial charge in [0, 0.05) is 26.1 Å². The number of ether oxygens (including phenoxy) is 2. The average Bonchev–Trinajstić information content (AvgIpc) is 2.18. The van der Waals surface area contributed by atoms with Gasteiger partial charge in [-0.05, 0) is 12.8 Å². The second-order valence-electron chi connectivity index (χ2n) is 4.13. The van der Waals surface area contributed by atoms with Crippen LogP contribution in [0.1, 0.15) is 39.5 Å². The van der Waals surface area contributed by atoms with E-state index in [0.29, 0.717) is 26.1 Å². The Kier molecular flexibility index (Phi) is 4.85. The molecule has 1 heterocycles. The Hall–Kier alpha value is -0.120. The lowest BCUT2D eigenvalue weighted by Crippen LogP contribution is -2.44. The Morgan fingerprint density at radius 2 is 2.29 bits per heavy atom. The first kappa shape index (κ1) is 12.0. The number of rotatable bonds is 5. The summed E-state index contributed by atoms with van der Waals surface area (Å²) in [6.45, 7) is 6.01. The first-order valence-electron chi connectivity index (χ1n) is 5.62. The molecule has 14 heavy (non-hydrogen) atoms. The summed E-state index contributed by atoms with van der Waals surface area (Å²) in [4.78, 5) is 0. The second kappa shape index (κ2) is 5.69. The van der Waals surface area contributed by atoms with Crippen LogP contribution in [0.4, 0.5) is 0 Å². The van der Waals surface area contributed by atoms with Gasteiger partial charge < -0.3 is 14.6 Å². The van der Waals surface area contributed by atoms with Gasteiger partial charge >= 0.3 is 0 Å². The summed E-state index contributed by atoms with van der Waals surface area (Å²) in [6, 6.07) is 0. The van der Waals surface area contributed by atoms with Crippen LogP contribution in [0.5, 0.6) is 0 Å². The third-order valence-corrected chi connectivity index (χ3v) is 2.70. The maximum atomic E-state index is 10.2. The molecule has 0 saturated carbocycles. The molecule has 1 aliphatic rings. The molecule has 0 spiro atoms. The van der Waals surface area contributed by atoms with Gasteiger partial charge in [0.25, 0.3) is 0 Å². The van der Waals surface area contributed by atoms with E-state index in [2.05, 4.69) is 13.8 Å². The van der Waals surface area contributed by atoms with Crippen LogP contribution >= 0.6 is 0 Å². The van der Waals surface area contributed by atoms with Gasteiger partial charge in [0.15, 0.2) is 0 Å². The fourth-order valence-electron chi connectivity index (χ4n) is 1.80. The highest BCUT2D eigenvalue weighted by molar-refractivity contribution is 4.85. The van der Waals surface area contributed by atoms with Crippen LogP contribution in [0, 0.1) is 0 Å². The minimum absolute atomic E-state index is 0.207. The van der Waals surface area contributed by atoms with E-state index in [1.54, 1.807) is 0 Å². The molecule has 1 rings (SSSR count). The lowest BCUT2D eigenvalue weighted by molar-refractivity contribution is -0.135. The Bertz CT molecular complexity index is 161. The molecule has 1 N–H and O–H groups in total. The Balaban J connectivity index is 2.31. The van der Waals surface area contributed by atoms with E-state index in [9.17, 15) is 5.11 Å². The third-order valence-electron chi connectivity index (χ3n) is 2.70. The van der Waals surface area contributed by atoms with E-state index in [0.717, 1.165) is 19.4 Å². The number of hydrogen-bond donors (Lipinski definition) is 1. The SMILES string of the molecule is CCCOCC1(O)CCOC(CC)C1. The Morgan fingerprint density at radius 3 is 2.93 bits per heavy atom. The minimum Gasteiger partial charge on any atom is -0.387 e. The zero-order valence-corrected chi connectivity index (χ0v) is 9.29. The molecular formula is C11H22O3. The van der Waals surface area contributed by atoms with Crippen molar-refractivity contribution < 1.29 is 14.6 Å². The molecule has 3 heteroatoms. The zero-order chi connectivity index (χ0) is 10.4. The molecule has 0 amide bonds. The maximum absolute atomic E-state index is 10.2. The van der Waals surface area contributed by atoms with Gasteiger partial charge in [-0.25, -0.2) is 0 Å². The molecule has 1 aliphatic heterocycles. The lowest BCUT2D eigenvalue weighted by Gasteiger charge is -2.36. The maximum Gasteiger partial charge on any atom is 0.0926 e. The molecule has 0 aromatic carbocycles. The predicted octanol–water partition coefficient (Wildman–Crippen LogP) is 1.73. The summed E-state index contributed by atoms with van der Waals surface area (Å²) in [5.74, 6) is 0. The summed E-state index contributed by atoms with van der Waals surface area (Å²) < 4.78 is 10.9. The first-order chi connectivity index (χ1) is 6.70. The predicted molar refractivity (Wildman–Crippen MR) is 55.3 cm³/mol. The quantitative estimate of drug-likeness (QED) is 0.690. The second-order valence-corrected chi connectivity index (χ2v) is 4.13. The van der Waals surface area contributed by atoms with Gasteiger partial charge in [0.2, 0.25) is 0 Å². The van der Waals surface area contributed by atoms with E-state index in [1.165, 1.54) is 0 Å². The van der Waals surface area contributed by atoms with Gasteiger partial charge in [0.05, 0.1) is 18.3 Å². The summed E-state index contributed by atoms with van der Waals surface area (Å²) >= 11 is 0. The molecule has 2 atom stereocenters. The van der Waals surface area contributed by atoms with Crippen LogP contribution in [0.15, 0.2) is 0 Å². The van der Waals surface area contributed by atoms with Crippen LogP contribution in [-0.2, 0) is 9.47 Å². The molecule has 0 aromatic rings. The van der Waals surface area contributed by atoms with Crippen molar-refractivity contribution in [2.45, 2.75) is 51.2 Å². The van der Waals surface area contributed by atoms with Crippen molar-refractivity contribution in [3.8, 4) is 0 Å². The first-order valence-corrected chi connectivity index (χ1v) is 5.62. The van der Waals surface area contributed by atoms with E-state index in [4.69, 9.17) is 9.47 Å². The Morgan fingerprint density at radius 1 is 1.50 bits per heavy atom. The highest BCUT2D eigenvalue weighted by Gasteiger charge is 2.34. The molecule has 0 aromatic heterocycles. The standard InChI is InChI=1S/C11H22O3/c1-3-6-13-9-11(12)5-7-14-10(4-2)8-11/h10,12H,3-9H2,1-2H3. The van der Waals surface area contributed by atoms with Crippen molar-refractivity contribution >= 4 is 0 Å². The van der Waals surface area contributed by atoms with Crippen LogP contribution in [0.3, 0.4) is 0 Å². The molecule has 3 nitrogen and oxygen atoms in total. The number of aliphatic hydroxyl groups is 1. The highest BCUT2D eigenvalue weighted by Crippen LogP contribution is 2.26. The van der Waals surface area contributed by atoms with Crippen LogP contribution < -0.4 is 0 Å². The summed E-state index contributed by atoms with van der Waals surface area (Å²) in [5.41, 5.74) is -0.645. The van der Waals surface area contributed by atoms with E-state index < -0.39 is 5.60 Å². The third kappa shape index (κ3) is 3.56. The smallest absolute Gasteiger partial charge is 0.0926 e. The van der Waals surface area contributed by atoms with Crippen LogP contribution in [0.2, 0.25) is 0 Å². The molecule has 1 saturated heterocycles. The molecular weight excluding hydrogens is 180 g/mol. The highest BCUT2D eigenvalue weighted by atomic mass is 16.5. The van der Waals surface area contributed by atoms with Crippen molar-refractivity contribution in [2.75, 3.05) is 19.8 Å². The van der Waals surface area contributed by atoms with E-state index in [-0.39, 0.29) is 6.10 Å². The molecule has 0 radical (unpaired) electrons. The van der Waals surface area contributed by atoms with Gasteiger partial charge in [-0.2, -0.15) is 0 Å². The molecule has 0 bridgehead atoms. The number of hydrogen-bond acceptors (Lipinski definition) is 3. The molecule has 84 valence electrons. The molecule has 2 unspecified atom stereocenters. The average molecular weight is 202 g/mol. The summed E-state index contributed by atoms with van der Waals surface area (Å²) in [5, 5.41) is 10.2. The normalized spacial score (nSPS) is 33.2. The van der Waals surface area contributed by atoms with Crippen molar-refractivity contribution in [1.82, 2.24) is 0 Å². The van der Waals surface area contributed by atoms with Crippen molar-refractivity contribution in [2.24, 2.45) is 0 Å². The fourth-order valence-corrected chi connectivity index (χ4v) is 1.80. The van der Waals surface area contributed by atoms with Gasteiger partial charge in [-0.15, -0.1) is 0 Å². The topological polar surface area (TPSA) is 38.7 Å². The van der Waals surface area contributed by atoms with Crippen molar-refractivity contribution in [3.63, 3.8) is 0 Å². The lowest BCUT2D eigenvalue weighted by atomic mass is 9.90. The summed E-state index contributed by atoms with van der Waals surface area (Å²) in [6.07, 6.45) is 3.60. The molecule has 0 aliphatic carbocycles. The largest absolute Gasteiger partial charge is 0.387 e. The van der Waals surface area contributed by atoms with Crippen LogP contribution in [-0.4, -0.2) is 36.6 Å². The zero-order valence-electron chi connectivity index (χ0n) is 9.29. The van der Waals surface area contributed by atoms with Gasteiger partial charge in [-0.1, -0.05) is 13.8 Å². The van der Waals surface area contributed by atoms with Gasteiger partial charge in [0.1, 0.15) is 0 Å². The van der Waals surface area contributed by atoms with Gasteiger partial charge in [-0.3, -0.25) is 0 Å². The van der Waals surface area contributed by atoms with E-state index in [1.807, 2.05) is 0 Å². The van der Waals surface area contributed by atoms with Crippen LogP contribution in [0.25, 0.3) is 0 Å².